The molecule has 4 nitrogen and oxygen atoms in total. The summed E-state index contributed by atoms with van der Waals surface area (Å²) in [6.07, 6.45) is 1.19. The Kier molecular flexibility index (Phi) is 4.23. The molecule has 0 aliphatic carbocycles. The van der Waals surface area contributed by atoms with Gasteiger partial charge in [-0.15, -0.1) is 0 Å². The Morgan fingerprint density at radius 3 is 3.00 bits per heavy atom. The van der Waals surface area contributed by atoms with Crippen molar-refractivity contribution in [3.63, 3.8) is 0 Å². The summed E-state index contributed by atoms with van der Waals surface area (Å²) in [5.74, 6) is 0.915. The molecule has 1 aliphatic heterocycles. The lowest BCUT2D eigenvalue weighted by Gasteiger charge is -2.23. The molecule has 1 fully saturated rings. The zero-order valence-electron chi connectivity index (χ0n) is 10.4. The van der Waals surface area contributed by atoms with Gasteiger partial charge in [-0.2, -0.15) is 0 Å². The van der Waals surface area contributed by atoms with Crippen LogP contribution in [0.15, 0.2) is 18.2 Å². The molecule has 0 bridgehead atoms. The van der Waals surface area contributed by atoms with Gasteiger partial charge in [-0.05, 0) is 37.1 Å². The van der Waals surface area contributed by atoms with Gasteiger partial charge in [-0.25, -0.2) is 0 Å². The first-order valence-electron chi connectivity index (χ1n) is 5.87. The Morgan fingerprint density at radius 1 is 1.47 bits per heavy atom. The third kappa shape index (κ3) is 3.35. The smallest absolute Gasteiger partial charge is 0.147 e. The zero-order chi connectivity index (χ0) is 12.1. The summed E-state index contributed by atoms with van der Waals surface area (Å²) in [5, 5.41) is 3.37. The Balaban J connectivity index is 1.87. The van der Waals surface area contributed by atoms with E-state index in [9.17, 15) is 0 Å². The van der Waals surface area contributed by atoms with Crippen molar-refractivity contribution in [2.45, 2.75) is 19.4 Å². The predicted octanol–water partition coefficient (Wildman–Crippen LogP) is 2.18. The topological polar surface area (TPSA) is 39.7 Å². The number of nitrogens with one attached hydrogen (secondary N) is 1. The first kappa shape index (κ1) is 12.2. The van der Waals surface area contributed by atoms with Gasteiger partial charge in [0.1, 0.15) is 12.5 Å². The maximum absolute atomic E-state index is 5.47. The van der Waals surface area contributed by atoms with Crippen molar-refractivity contribution < 1.29 is 14.2 Å². The predicted molar refractivity (Wildman–Crippen MR) is 66.5 cm³/mol. The van der Waals surface area contributed by atoms with E-state index in [1.807, 2.05) is 19.1 Å². The average molecular weight is 237 g/mol. The summed E-state index contributed by atoms with van der Waals surface area (Å²) >= 11 is 0. The van der Waals surface area contributed by atoms with Crippen molar-refractivity contribution in [1.29, 1.82) is 0 Å². The first-order valence-corrected chi connectivity index (χ1v) is 5.87. The summed E-state index contributed by atoms with van der Waals surface area (Å²) in [7, 11) is 1.69. The summed E-state index contributed by atoms with van der Waals surface area (Å²) in [4.78, 5) is 0. The largest absolute Gasteiger partial charge is 0.496 e. The lowest BCUT2D eigenvalue weighted by molar-refractivity contribution is -0.133. The molecule has 0 radical (unpaired) electrons. The van der Waals surface area contributed by atoms with Gasteiger partial charge in [0.05, 0.1) is 19.8 Å². The third-order valence-corrected chi connectivity index (χ3v) is 2.90. The summed E-state index contributed by atoms with van der Waals surface area (Å²) in [6, 6.07) is 6.08. The van der Waals surface area contributed by atoms with Crippen LogP contribution in [0, 0.1) is 6.92 Å². The molecular formula is C13H19NO3. The Hall–Kier alpha value is -1.26. The van der Waals surface area contributed by atoms with Crippen LogP contribution in [0.2, 0.25) is 0 Å². The molecule has 1 aliphatic rings. The van der Waals surface area contributed by atoms with Gasteiger partial charge in [0.25, 0.3) is 0 Å². The summed E-state index contributed by atoms with van der Waals surface area (Å²) in [5.41, 5.74) is 2.23. The fourth-order valence-electron chi connectivity index (χ4n) is 1.88. The quantitative estimate of drug-likeness (QED) is 0.871. The van der Waals surface area contributed by atoms with Crippen molar-refractivity contribution in [2.75, 3.05) is 32.4 Å². The minimum atomic E-state index is 0.242. The number of aryl methyl sites for hydroxylation is 1. The van der Waals surface area contributed by atoms with Crippen LogP contribution in [0.5, 0.6) is 5.75 Å². The van der Waals surface area contributed by atoms with E-state index in [4.69, 9.17) is 14.2 Å². The van der Waals surface area contributed by atoms with Crippen molar-refractivity contribution >= 4 is 5.69 Å². The van der Waals surface area contributed by atoms with Crippen molar-refractivity contribution in [3.8, 4) is 5.75 Å². The van der Waals surface area contributed by atoms with E-state index in [0.717, 1.165) is 36.6 Å². The van der Waals surface area contributed by atoms with Crippen LogP contribution < -0.4 is 10.1 Å². The molecule has 0 amide bonds. The minimum absolute atomic E-state index is 0.242. The third-order valence-electron chi connectivity index (χ3n) is 2.90. The van der Waals surface area contributed by atoms with Crippen LogP contribution in [0.1, 0.15) is 12.0 Å². The Bertz CT molecular complexity index is 362. The number of rotatable bonds is 4. The highest BCUT2D eigenvalue weighted by molar-refractivity contribution is 5.50. The first-order chi connectivity index (χ1) is 8.29. The van der Waals surface area contributed by atoms with E-state index < -0.39 is 0 Å². The van der Waals surface area contributed by atoms with Gasteiger partial charge in [0.2, 0.25) is 0 Å². The molecule has 2 rings (SSSR count). The van der Waals surface area contributed by atoms with E-state index >= 15 is 0 Å². The van der Waals surface area contributed by atoms with E-state index in [1.165, 1.54) is 0 Å². The van der Waals surface area contributed by atoms with Gasteiger partial charge >= 0.3 is 0 Å². The van der Waals surface area contributed by atoms with Crippen LogP contribution in [0.25, 0.3) is 0 Å². The molecule has 17 heavy (non-hydrogen) atoms. The molecule has 1 heterocycles. The fourth-order valence-corrected chi connectivity index (χ4v) is 1.88. The minimum Gasteiger partial charge on any atom is -0.496 e. The summed E-state index contributed by atoms with van der Waals surface area (Å²) in [6.45, 7) is 4.05. The van der Waals surface area contributed by atoms with Crippen LogP contribution in [0.3, 0.4) is 0 Å². The van der Waals surface area contributed by atoms with E-state index in [2.05, 4.69) is 11.4 Å². The number of hydrogen-bond acceptors (Lipinski definition) is 4. The van der Waals surface area contributed by atoms with Gasteiger partial charge in [0.15, 0.2) is 0 Å². The Morgan fingerprint density at radius 2 is 2.35 bits per heavy atom. The van der Waals surface area contributed by atoms with Crippen LogP contribution in [-0.4, -0.2) is 33.2 Å². The number of hydrogen-bond donors (Lipinski definition) is 1. The van der Waals surface area contributed by atoms with Crippen LogP contribution in [0.4, 0.5) is 5.69 Å². The molecule has 1 N–H and O–H groups in total. The van der Waals surface area contributed by atoms with E-state index in [1.54, 1.807) is 7.11 Å². The standard InChI is InChI=1S/C13H19NO3/c1-10-7-11(3-4-13(10)15-2)14-8-12-5-6-16-9-17-12/h3-4,7,12,14H,5-6,8-9H2,1-2H3. The summed E-state index contributed by atoms with van der Waals surface area (Å²) < 4.78 is 15.8. The highest BCUT2D eigenvalue weighted by Crippen LogP contribution is 2.21. The van der Waals surface area contributed by atoms with Gasteiger partial charge in [-0.3, -0.25) is 0 Å². The van der Waals surface area contributed by atoms with Crippen molar-refractivity contribution in [2.24, 2.45) is 0 Å². The molecule has 1 aromatic carbocycles. The van der Waals surface area contributed by atoms with E-state index in [-0.39, 0.29) is 6.10 Å². The van der Waals surface area contributed by atoms with Crippen LogP contribution >= 0.6 is 0 Å². The zero-order valence-corrected chi connectivity index (χ0v) is 10.4. The van der Waals surface area contributed by atoms with Gasteiger partial charge < -0.3 is 19.5 Å². The monoisotopic (exact) mass is 237 g/mol. The number of anilines is 1. The molecule has 1 atom stereocenters. The molecular weight excluding hydrogens is 218 g/mol. The lowest BCUT2D eigenvalue weighted by Crippen LogP contribution is -2.30. The van der Waals surface area contributed by atoms with E-state index in [0.29, 0.717) is 6.79 Å². The van der Waals surface area contributed by atoms with Crippen molar-refractivity contribution in [1.82, 2.24) is 0 Å². The second kappa shape index (κ2) is 5.89. The maximum Gasteiger partial charge on any atom is 0.147 e. The maximum atomic E-state index is 5.47. The second-order valence-electron chi connectivity index (χ2n) is 4.17. The molecule has 94 valence electrons. The molecule has 1 saturated heterocycles. The van der Waals surface area contributed by atoms with Crippen molar-refractivity contribution in [3.05, 3.63) is 23.8 Å². The molecule has 0 spiro atoms. The molecule has 0 saturated carbocycles. The SMILES string of the molecule is COc1ccc(NCC2CCOCO2)cc1C. The average Bonchev–Trinajstić information content (AvgIpc) is 2.38. The molecule has 4 heteroatoms. The van der Waals surface area contributed by atoms with Gasteiger partial charge in [-0.1, -0.05) is 0 Å². The molecule has 1 aromatic rings. The van der Waals surface area contributed by atoms with Gasteiger partial charge in [0, 0.05) is 12.2 Å². The number of methoxy groups -OCH3 is 1. The molecule has 1 unspecified atom stereocenters. The highest BCUT2D eigenvalue weighted by Gasteiger charge is 2.13. The Labute approximate surface area is 102 Å². The lowest BCUT2D eigenvalue weighted by atomic mass is 10.2. The number of ether oxygens (including phenoxy) is 3. The number of benzene rings is 1. The highest BCUT2D eigenvalue weighted by atomic mass is 16.7. The fraction of sp³-hybridized carbons (Fsp3) is 0.538. The second-order valence-corrected chi connectivity index (χ2v) is 4.17. The van der Waals surface area contributed by atoms with Crippen LogP contribution in [-0.2, 0) is 9.47 Å². The molecule has 0 aromatic heterocycles. The normalized spacial score (nSPS) is 20.0.